The van der Waals surface area contributed by atoms with Crippen LogP contribution in [0.3, 0.4) is 0 Å². The molecule has 2 rings (SSSR count). The largest absolute Gasteiger partial charge is 0.434 e. The molecule has 2 aromatic rings. The summed E-state index contributed by atoms with van der Waals surface area (Å²) in [6, 6.07) is 3.50. The van der Waals surface area contributed by atoms with Crippen molar-refractivity contribution in [3.05, 3.63) is 56.5 Å². The van der Waals surface area contributed by atoms with E-state index in [-0.39, 0.29) is 8.95 Å². The molecule has 188 valence electrons. The van der Waals surface area contributed by atoms with Gasteiger partial charge < -0.3 is 9.47 Å². The summed E-state index contributed by atoms with van der Waals surface area (Å²) >= 11 is 5.49. The van der Waals surface area contributed by atoms with Crippen molar-refractivity contribution in [2.75, 3.05) is 0 Å². The Kier molecular flexibility index (Phi) is 8.88. The number of hydrogen-bond acceptors (Lipinski definition) is 3. The van der Waals surface area contributed by atoms with Crippen LogP contribution in [0.2, 0.25) is 0 Å². The zero-order chi connectivity index (χ0) is 26.0. The fraction of sp³-hybridized carbons (Fsp3) is 0.316. The maximum absolute atomic E-state index is 13.8. The Labute approximate surface area is 201 Å². The lowest BCUT2D eigenvalue weighted by atomic mass is 9.82. The summed E-state index contributed by atoms with van der Waals surface area (Å²) < 4.78 is 141. The van der Waals surface area contributed by atoms with E-state index in [1.165, 1.54) is 0 Å². The van der Waals surface area contributed by atoms with E-state index in [0.29, 0.717) is 24.3 Å². The van der Waals surface area contributed by atoms with Crippen LogP contribution < -0.4 is 9.47 Å². The molecule has 0 aromatic heterocycles. The first kappa shape index (κ1) is 28.2. The number of ether oxygens (including phenoxy) is 2. The van der Waals surface area contributed by atoms with Gasteiger partial charge in [-0.25, -0.2) is 0 Å². The van der Waals surface area contributed by atoms with Crippen molar-refractivity contribution in [2.45, 2.75) is 37.4 Å². The third-order valence-corrected chi connectivity index (χ3v) is 5.54. The summed E-state index contributed by atoms with van der Waals surface area (Å²) in [4.78, 5) is 12.7. The van der Waals surface area contributed by atoms with Crippen molar-refractivity contribution < 1.29 is 58.2 Å². The van der Waals surface area contributed by atoms with E-state index in [2.05, 4.69) is 41.3 Å². The molecule has 0 saturated heterocycles. The molecule has 0 radical (unpaired) electrons. The third-order valence-electron chi connectivity index (χ3n) is 4.23. The number of alkyl halides is 10. The van der Waals surface area contributed by atoms with Crippen LogP contribution >= 0.6 is 31.9 Å². The minimum Gasteiger partial charge on any atom is -0.434 e. The van der Waals surface area contributed by atoms with Crippen LogP contribution in [0.25, 0.3) is 0 Å². The van der Waals surface area contributed by atoms with Gasteiger partial charge in [-0.15, -0.1) is 0 Å². The second-order valence-corrected chi connectivity index (χ2v) is 8.20. The molecule has 0 heterocycles. The SMILES string of the molecule is O=C(C(c1ccc(Br)c(OC(F)F)c1)C(F)(F)F)C(c1ccc(Br)c(OC(F)F)c1)C(F)(F)F. The monoisotopic (exact) mass is 634 g/mol. The molecule has 0 spiro atoms. The van der Waals surface area contributed by atoms with Crippen molar-refractivity contribution in [3.63, 3.8) is 0 Å². The number of rotatable bonds is 8. The summed E-state index contributed by atoms with van der Waals surface area (Å²) in [5.74, 6) is -11.0. The summed E-state index contributed by atoms with van der Waals surface area (Å²) in [6.07, 6.45) is -11.2. The smallest absolute Gasteiger partial charge is 0.402 e. The Bertz CT molecular complexity index is 945. The number of benzene rings is 2. The number of halogens is 12. The van der Waals surface area contributed by atoms with Crippen LogP contribution in [0, 0.1) is 0 Å². The van der Waals surface area contributed by atoms with Gasteiger partial charge >= 0.3 is 25.6 Å². The van der Waals surface area contributed by atoms with Gasteiger partial charge in [-0.1, -0.05) is 12.1 Å². The quantitative estimate of drug-likeness (QED) is 0.276. The molecule has 3 nitrogen and oxygen atoms in total. The van der Waals surface area contributed by atoms with Gasteiger partial charge in [-0.05, 0) is 67.3 Å². The number of hydrogen-bond donors (Lipinski definition) is 0. The number of ketones is 1. The lowest BCUT2D eigenvalue weighted by Gasteiger charge is -2.27. The van der Waals surface area contributed by atoms with Gasteiger partial charge in [-0.3, -0.25) is 4.79 Å². The maximum Gasteiger partial charge on any atom is 0.402 e. The predicted molar refractivity (Wildman–Crippen MR) is 104 cm³/mol. The Hall–Kier alpha value is -2.03. The first-order valence-corrected chi connectivity index (χ1v) is 10.3. The van der Waals surface area contributed by atoms with E-state index in [1.54, 1.807) is 0 Å². The van der Waals surface area contributed by atoms with E-state index in [4.69, 9.17) is 0 Å². The topological polar surface area (TPSA) is 35.5 Å². The van der Waals surface area contributed by atoms with Gasteiger partial charge in [0.2, 0.25) is 0 Å². The van der Waals surface area contributed by atoms with E-state index in [0.717, 1.165) is 12.1 Å². The molecular weight excluding hydrogens is 626 g/mol. The van der Waals surface area contributed by atoms with Crippen molar-refractivity contribution in [1.29, 1.82) is 0 Å². The first-order valence-electron chi connectivity index (χ1n) is 8.68. The third kappa shape index (κ3) is 6.99. The van der Waals surface area contributed by atoms with Gasteiger partial charge in [0.15, 0.2) is 5.78 Å². The van der Waals surface area contributed by atoms with Crippen molar-refractivity contribution in [2.24, 2.45) is 0 Å². The zero-order valence-electron chi connectivity index (χ0n) is 16.0. The molecule has 0 amide bonds. The molecule has 34 heavy (non-hydrogen) atoms. The second-order valence-electron chi connectivity index (χ2n) is 6.49. The fourth-order valence-corrected chi connectivity index (χ4v) is 3.65. The van der Waals surface area contributed by atoms with Crippen LogP contribution in [0.5, 0.6) is 11.5 Å². The molecule has 2 atom stereocenters. The summed E-state index contributed by atoms with van der Waals surface area (Å²) in [7, 11) is 0. The molecule has 0 aliphatic heterocycles. The molecular formula is C19H10Br2F10O3. The van der Waals surface area contributed by atoms with E-state index < -0.39 is 65.8 Å². The van der Waals surface area contributed by atoms with Crippen molar-refractivity contribution >= 4 is 37.6 Å². The minimum absolute atomic E-state index is 0.251. The number of carbonyl (C=O) groups excluding carboxylic acids is 1. The molecule has 0 bridgehead atoms. The van der Waals surface area contributed by atoms with Crippen LogP contribution in [-0.2, 0) is 4.79 Å². The van der Waals surface area contributed by atoms with Crippen molar-refractivity contribution in [1.82, 2.24) is 0 Å². The fourth-order valence-electron chi connectivity index (χ4n) is 2.97. The van der Waals surface area contributed by atoms with Gasteiger partial charge in [0.1, 0.15) is 23.3 Å². The van der Waals surface area contributed by atoms with Crippen molar-refractivity contribution in [3.8, 4) is 11.5 Å². The number of Topliss-reactive ketones (excluding diaryl/α,β-unsaturated/α-hetero) is 1. The molecule has 0 N–H and O–H groups in total. The van der Waals surface area contributed by atoms with Crippen LogP contribution in [0.1, 0.15) is 23.0 Å². The lowest BCUT2D eigenvalue weighted by molar-refractivity contribution is -0.183. The summed E-state index contributed by atoms with van der Waals surface area (Å²) in [6.45, 7) is -6.96. The van der Waals surface area contributed by atoms with Gasteiger partial charge in [0, 0.05) is 0 Å². The predicted octanol–water partition coefficient (Wildman–Crippen LogP) is 7.98. The molecule has 2 unspecified atom stereocenters. The maximum atomic E-state index is 13.8. The Morgan fingerprint density at radius 2 is 1.00 bits per heavy atom. The minimum atomic E-state index is -5.59. The van der Waals surface area contributed by atoms with E-state index in [1.807, 2.05) is 0 Å². The molecule has 0 aliphatic rings. The lowest BCUT2D eigenvalue weighted by Crippen LogP contribution is -2.38. The number of carbonyl (C=O) groups is 1. The van der Waals surface area contributed by atoms with Gasteiger partial charge in [0.05, 0.1) is 8.95 Å². The molecule has 0 saturated carbocycles. The molecule has 15 heteroatoms. The average molecular weight is 636 g/mol. The first-order chi connectivity index (χ1) is 15.5. The van der Waals surface area contributed by atoms with Gasteiger partial charge in [-0.2, -0.15) is 43.9 Å². The zero-order valence-corrected chi connectivity index (χ0v) is 19.2. The molecule has 2 aromatic carbocycles. The summed E-state index contributed by atoms with van der Waals surface area (Å²) in [5, 5.41) is 0. The average Bonchev–Trinajstić information content (AvgIpc) is 2.64. The highest BCUT2D eigenvalue weighted by molar-refractivity contribution is 9.10. The second kappa shape index (κ2) is 10.7. The van der Waals surface area contributed by atoms with E-state index >= 15 is 0 Å². The van der Waals surface area contributed by atoms with Crippen LogP contribution in [-0.4, -0.2) is 31.4 Å². The Morgan fingerprint density at radius 3 is 1.26 bits per heavy atom. The highest BCUT2D eigenvalue weighted by Crippen LogP contribution is 2.47. The Balaban J connectivity index is 2.65. The Morgan fingerprint density at radius 1 is 0.676 bits per heavy atom. The summed E-state index contributed by atoms with van der Waals surface area (Å²) in [5.41, 5.74) is -2.21. The standard InChI is InChI=1S/C19H10Br2F10O3/c20-9-3-1-7(5-11(9)33-16(22)23)13(18(26,27)28)15(32)14(19(29,30)31)8-2-4-10(21)12(6-8)34-17(24)25/h1-6,13-14,16-17H. The van der Waals surface area contributed by atoms with E-state index in [9.17, 15) is 48.7 Å². The molecule has 0 aliphatic carbocycles. The normalized spacial score (nSPS) is 14.3. The highest BCUT2D eigenvalue weighted by Gasteiger charge is 2.55. The van der Waals surface area contributed by atoms with Crippen LogP contribution in [0.4, 0.5) is 43.9 Å². The van der Waals surface area contributed by atoms with Crippen LogP contribution in [0.15, 0.2) is 45.3 Å². The van der Waals surface area contributed by atoms with Gasteiger partial charge in [0.25, 0.3) is 0 Å². The highest BCUT2D eigenvalue weighted by atomic mass is 79.9. The molecule has 0 fully saturated rings.